The monoisotopic (exact) mass is 279 g/mol. The molecule has 0 amide bonds. The van der Waals surface area contributed by atoms with Crippen LogP contribution in [0.25, 0.3) is 0 Å². The van der Waals surface area contributed by atoms with Crippen molar-refractivity contribution in [1.82, 2.24) is 0 Å². The molecule has 0 bridgehead atoms. The Morgan fingerprint density at radius 3 is 1.86 bits per heavy atom. The lowest BCUT2D eigenvalue weighted by Gasteiger charge is -2.32. The second-order valence-electron chi connectivity index (χ2n) is 5.51. The van der Waals surface area contributed by atoms with Crippen molar-refractivity contribution in [2.75, 3.05) is 6.54 Å². The highest BCUT2D eigenvalue weighted by molar-refractivity contribution is 6.33. The minimum atomic E-state index is -1.18. The zero-order valence-electron chi connectivity index (χ0n) is 11.9. The number of rotatable bonds is 3. The van der Waals surface area contributed by atoms with Crippen LogP contribution >= 0.6 is 0 Å². The molecule has 1 aliphatic carbocycles. The van der Waals surface area contributed by atoms with Gasteiger partial charge >= 0.3 is 0 Å². The lowest BCUT2D eigenvalue weighted by molar-refractivity contribution is 0.0736. The molecule has 3 heteroatoms. The standard InChI is InChI=1S/C18H17NO2/c1-12(11-19)18(13-7-3-2-4-8-13)16(20)14-9-5-6-10-15(14)17(18)21/h2-10,12H,11,19H2,1H3. The maximum Gasteiger partial charge on any atom is 0.182 e. The van der Waals surface area contributed by atoms with E-state index < -0.39 is 5.41 Å². The molecule has 0 radical (unpaired) electrons. The molecule has 0 heterocycles. The molecule has 2 N–H and O–H groups in total. The van der Waals surface area contributed by atoms with Crippen molar-refractivity contribution in [3.63, 3.8) is 0 Å². The third-order valence-electron chi connectivity index (χ3n) is 4.45. The number of fused-ring (bicyclic) bond motifs is 1. The van der Waals surface area contributed by atoms with Crippen molar-refractivity contribution in [2.24, 2.45) is 11.7 Å². The van der Waals surface area contributed by atoms with Crippen molar-refractivity contribution in [2.45, 2.75) is 12.3 Å². The van der Waals surface area contributed by atoms with Gasteiger partial charge in [-0.25, -0.2) is 0 Å². The van der Waals surface area contributed by atoms with E-state index in [1.165, 1.54) is 0 Å². The number of benzene rings is 2. The number of nitrogens with two attached hydrogens (primary N) is 1. The fraction of sp³-hybridized carbons (Fsp3) is 0.222. The SMILES string of the molecule is CC(CN)C1(c2ccccc2)C(=O)c2ccccc2C1=O. The molecule has 21 heavy (non-hydrogen) atoms. The smallest absolute Gasteiger partial charge is 0.182 e. The molecular formula is C18H17NO2. The lowest BCUT2D eigenvalue weighted by Crippen LogP contribution is -2.47. The summed E-state index contributed by atoms with van der Waals surface area (Å²) in [6, 6.07) is 16.3. The number of carbonyl (C=O) groups excluding carboxylic acids is 2. The van der Waals surface area contributed by atoms with E-state index in [0.29, 0.717) is 11.1 Å². The fourth-order valence-electron chi connectivity index (χ4n) is 3.28. The van der Waals surface area contributed by atoms with Gasteiger partial charge in [-0.15, -0.1) is 0 Å². The van der Waals surface area contributed by atoms with Gasteiger partial charge < -0.3 is 5.73 Å². The van der Waals surface area contributed by atoms with Crippen LogP contribution < -0.4 is 5.73 Å². The molecule has 0 saturated carbocycles. The Morgan fingerprint density at radius 1 is 0.905 bits per heavy atom. The Labute approximate surface area is 123 Å². The highest BCUT2D eigenvalue weighted by Crippen LogP contribution is 2.44. The second-order valence-corrected chi connectivity index (χ2v) is 5.51. The third kappa shape index (κ3) is 1.71. The van der Waals surface area contributed by atoms with Gasteiger partial charge in [-0.1, -0.05) is 61.5 Å². The number of hydrogen-bond acceptors (Lipinski definition) is 3. The number of ketones is 2. The van der Waals surface area contributed by atoms with Crippen molar-refractivity contribution in [3.8, 4) is 0 Å². The Bertz CT molecular complexity index is 671. The molecule has 3 rings (SSSR count). The van der Waals surface area contributed by atoms with Crippen molar-refractivity contribution in [3.05, 3.63) is 71.3 Å². The molecule has 0 spiro atoms. The summed E-state index contributed by atoms with van der Waals surface area (Å²) in [6.45, 7) is 2.15. The van der Waals surface area contributed by atoms with Crippen LogP contribution in [0.2, 0.25) is 0 Å². The summed E-state index contributed by atoms with van der Waals surface area (Å²) in [7, 11) is 0. The van der Waals surface area contributed by atoms with Crippen LogP contribution in [0.5, 0.6) is 0 Å². The van der Waals surface area contributed by atoms with Crippen LogP contribution in [0.1, 0.15) is 33.2 Å². The molecule has 2 aromatic carbocycles. The summed E-state index contributed by atoms with van der Waals surface area (Å²) in [5.41, 5.74) is 6.39. The van der Waals surface area contributed by atoms with Crippen LogP contribution in [-0.4, -0.2) is 18.1 Å². The van der Waals surface area contributed by atoms with Crippen molar-refractivity contribution in [1.29, 1.82) is 0 Å². The van der Waals surface area contributed by atoms with Crippen molar-refractivity contribution < 1.29 is 9.59 Å². The predicted octanol–water partition coefficient (Wildman–Crippen LogP) is 2.60. The first kappa shape index (κ1) is 13.7. The minimum Gasteiger partial charge on any atom is -0.330 e. The largest absolute Gasteiger partial charge is 0.330 e. The van der Waals surface area contributed by atoms with Gasteiger partial charge in [0.05, 0.1) is 0 Å². The molecule has 0 aliphatic heterocycles. The lowest BCUT2D eigenvalue weighted by atomic mass is 9.67. The maximum absolute atomic E-state index is 13.1. The average molecular weight is 279 g/mol. The Morgan fingerprint density at radius 2 is 1.38 bits per heavy atom. The molecule has 0 aromatic heterocycles. The molecule has 1 unspecified atom stereocenters. The van der Waals surface area contributed by atoms with Gasteiger partial charge in [0.15, 0.2) is 11.6 Å². The minimum absolute atomic E-state index is 0.132. The summed E-state index contributed by atoms with van der Waals surface area (Å²) < 4.78 is 0. The summed E-state index contributed by atoms with van der Waals surface area (Å²) in [5.74, 6) is -0.521. The molecule has 0 fully saturated rings. The van der Waals surface area contributed by atoms with E-state index in [4.69, 9.17) is 5.73 Å². The maximum atomic E-state index is 13.1. The second kappa shape index (κ2) is 4.93. The quantitative estimate of drug-likeness (QED) is 0.878. The molecular weight excluding hydrogens is 262 g/mol. The molecule has 1 aliphatic rings. The van der Waals surface area contributed by atoms with Crippen LogP contribution in [-0.2, 0) is 5.41 Å². The van der Waals surface area contributed by atoms with Gasteiger partial charge in [-0.2, -0.15) is 0 Å². The van der Waals surface area contributed by atoms with Gasteiger partial charge in [0.2, 0.25) is 0 Å². The van der Waals surface area contributed by atoms with E-state index in [9.17, 15) is 9.59 Å². The van der Waals surface area contributed by atoms with Crippen LogP contribution in [0.4, 0.5) is 0 Å². The Balaban J connectivity index is 2.29. The van der Waals surface area contributed by atoms with E-state index in [1.807, 2.05) is 37.3 Å². The highest BCUT2D eigenvalue weighted by atomic mass is 16.2. The zero-order valence-corrected chi connectivity index (χ0v) is 11.9. The first-order chi connectivity index (χ1) is 10.1. The van der Waals surface area contributed by atoms with Gasteiger partial charge in [-0.05, 0) is 18.0 Å². The number of carbonyl (C=O) groups is 2. The van der Waals surface area contributed by atoms with Crippen molar-refractivity contribution >= 4 is 11.6 Å². The first-order valence-electron chi connectivity index (χ1n) is 7.08. The van der Waals surface area contributed by atoms with Crippen LogP contribution in [0, 0.1) is 5.92 Å². The highest BCUT2D eigenvalue weighted by Gasteiger charge is 2.56. The average Bonchev–Trinajstić information content (AvgIpc) is 2.77. The fourth-order valence-corrected chi connectivity index (χ4v) is 3.28. The van der Waals surface area contributed by atoms with E-state index in [-0.39, 0.29) is 24.0 Å². The summed E-state index contributed by atoms with van der Waals surface area (Å²) in [4.78, 5) is 26.1. The van der Waals surface area contributed by atoms with Gasteiger partial charge in [-0.3, -0.25) is 9.59 Å². The van der Waals surface area contributed by atoms with Gasteiger partial charge in [0, 0.05) is 11.1 Å². The van der Waals surface area contributed by atoms with Crippen LogP contribution in [0.15, 0.2) is 54.6 Å². The summed E-state index contributed by atoms with van der Waals surface area (Å²) >= 11 is 0. The van der Waals surface area contributed by atoms with E-state index >= 15 is 0 Å². The molecule has 3 nitrogen and oxygen atoms in total. The van der Waals surface area contributed by atoms with Crippen LogP contribution in [0.3, 0.4) is 0 Å². The topological polar surface area (TPSA) is 60.2 Å². The predicted molar refractivity (Wildman–Crippen MR) is 81.4 cm³/mol. The van der Waals surface area contributed by atoms with E-state index in [0.717, 1.165) is 5.56 Å². The zero-order chi connectivity index (χ0) is 15.0. The third-order valence-corrected chi connectivity index (χ3v) is 4.45. The van der Waals surface area contributed by atoms with E-state index in [1.54, 1.807) is 24.3 Å². The number of hydrogen-bond donors (Lipinski definition) is 1. The first-order valence-corrected chi connectivity index (χ1v) is 7.08. The molecule has 1 atom stereocenters. The summed E-state index contributed by atoms with van der Waals surface area (Å²) in [6.07, 6.45) is 0. The Kier molecular flexibility index (Phi) is 3.22. The molecule has 0 saturated heterocycles. The molecule has 106 valence electrons. The van der Waals surface area contributed by atoms with Gasteiger partial charge in [0.1, 0.15) is 5.41 Å². The Hall–Kier alpha value is -2.26. The summed E-state index contributed by atoms with van der Waals surface area (Å²) in [5, 5.41) is 0. The number of Topliss-reactive ketones (excluding diaryl/α,β-unsaturated/α-hetero) is 2. The van der Waals surface area contributed by atoms with E-state index in [2.05, 4.69) is 0 Å². The van der Waals surface area contributed by atoms with Gasteiger partial charge in [0.25, 0.3) is 0 Å². The molecule has 2 aromatic rings. The normalized spacial score (nSPS) is 17.6.